The number of aromatic nitrogens is 2. The molecule has 1 aromatic heterocycles. The van der Waals surface area contributed by atoms with Crippen molar-refractivity contribution in [1.82, 2.24) is 10.1 Å². The van der Waals surface area contributed by atoms with Crippen LogP contribution in [0.15, 0.2) is 4.52 Å². The van der Waals surface area contributed by atoms with Gasteiger partial charge in [0.25, 0.3) is 0 Å². The third-order valence-corrected chi connectivity index (χ3v) is 1.04. The fourth-order valence-electron chi connectivity index (χ4n) is 0.401. The number of nitrogens with zero attached hydrogens (tertiary/aromatic N) is 2. The van der Waals surface area contributed by atoms with Gasteiger partial charge in [-0.1, -0.05) is 5.16 Å². The summed E-state index contributed by atoms with van der Waals surface area (Å²) in [6.07, 6.45) is 0. The van der Waals surface area contributed by atoms with Gasteiger partial charge in [-0.15, -0.1) is 0 Å². The molecule has 3 nitrogen and oxygen atoms in total. The molecule has 1 heterocycles. The molecule has 7 heavy (non-hydrogen) atoms. The van der Waals surface area contributed by atoms with E-state index in [-0.39, 0.29) is 0 Å². The summed E-state index contributed by atoms with van der Waals surface area (Å²) in [6, 6.07) is 0. The predicted molar refractivity (Wildman–Crippen MR) is 27.2 cm³/mol. The zero-order chi connectivity index (χ0) is 5.28. The SMILES string of the molecule is Cc1no[c]([AlH2])n1. The Morgan fingerprint density at radius 2 is 2.43 bits per heavy atom. The van der Waals surface area contributed by atoms with E-state index >= 15 is 0 Å². The van der Waals surface area contributed by atoms with Crippen LogP contribution in [-0.2, 0) is 0 Å². The minimum absolute atomic E-state index is 0.727. The molecule has 0 aliphatic heterocycles. The zero-order valence-corrected chi connectivity index (χ0v) is 6.30. The van der Waals surface area contributed by atoms with E-state index in [0.29, 0.717) is 0 Å². The molecule has 0 saturated heterocycles. The Bertz CT molecular complexity index is 145. The van der Waals surface area contributed by atoms with Crippen LogP contribution in [0.3, 0.4) is 0 Å². The van der Waals surface area contributed by atoms with Gasteiger partial charge in [0.2, 0.25) is 0 Å². The second kappa shape index (κ2) is 1.65. The molecule has 4 heteroatoms. The Hall–Kier alpha value is -0.328. The average Bonchev–Trinajstić information content (AvgIpc) is 1.87. The largest absolute Gasteiger partial charge is 0.362 e. The lowest BCUT2D eigenvalue weighted by Gasteiger charge is -1.65. The second-order valence-corrected chi connectivity index (χ2v) is 2.22. The smallest absolute Gasteiger partial charge is 0.355 e. The Balaban J connectivity index is 3.04. The van der Waals surface area contributed by atoms with Crippen LogP contribution in [0.5, 0.6) is 0 Å². The van der Waals surface area contributed by atoms with E-state index in [0.717, 1.165) is 26.9 Å². The summed E-state index contributed by atoms with van der Waals surface area (Å²) in [4.78, 5) is 3.90. The Kier molecular flexibility index (Phi) is 1.13. The van der Waals surface area contributed by atoms with E-state index < -0.39 is 0 Å². The molecule has 0 unspecified atom stereocenters. The Morgan fingerprint density at radius 3 is 2.57 bits per heavy atom. The standard InChI is InChI=1S/C3H3N2O.Al.2H/c1-3-4-2-6-5-3;;;/h1H3;;;. The van der Waals surface area contributed by atoms with Gasteiger partial charge in [-0.2, -0.15) is 0 Å². The molecule has 1 rings (SSSR count). The zero-order valence-electron chi connectivity index (χ0n) is 4.30. The highest BCUT2D eigenvalue weighted by atomic mass is 27.0. The molecule has 0 fully saturated rings. The van der Waals surface area contributed by atoms with Gasteiger partial charge in [-0.3, -0.25) is 0 Å². The number of hydrogen-bond donors (Lipinski definition) is 0. The normalized spacial score (nSPS) is 9.29. The van der Waals surface area contributed by atoms with E-state index in [1.807, 2.05) is 6.92 Å². The highest BCUT2D eigenvalue weighted by molar-refractivity contribution is 6.28. The number of hydrogen-bond acceptors (Lipinski definition) is 3. The van der Waals surface area contributed by atoms with Crippen LogP contribution in [0.1, 0.15) is 5.82 Å². The van der Waals surface area contributed by atoms with Crippen LogP contribution in [-0.4, -0.2) is 26.4 Å². The van der Waals surface area contributed by atoms with Gasteiger partial charge in [0.1, 0.15) is 4.75 Å². The molecular formula is C3H5AlN2O. The molecular weight excluding hydrogens is 107 g/mol. The maximum absolute atomic E-state index is 4.66. The average molecular weight is 112 g/mol. The van der Waals surface area contributed by atoms with Crippen molar-refractivity contribution in [3.8, 4) is 0 Å². The molecule has 0 bridgehead atoms. The van der Waals surface area contributed by atoms with Gasteiger partial charge >= 0.3 is 16.3 Å². The van der Waals surface area contributed by atoms with E-state index in [2.05, 4.69) is 14.7 Å². The van der Waals surface area contributed by atoms with Crippen molar-refractivity contribution < 1.29 is 4.52 Å². The highest BCUT2D eigenvalue weighted by Gasteiger charge is 1.89. The second-order valence-electron chi connectivity index (χ2n) is 1.36. The first kappa shape index (κ1) is 4.82. The molecule has 1 aromatic rings. The third kappa shape index (κ3) is 1.02. The predicted octanol–water partition coefficient (Wildman–Crippen LogP) is -1.36. The van der Waals surface area contributed by atoms with E-state index in [9.17, 15) is 0 Å². The molecule has 0 spiro atoms. The van der Waals surface area contributed by atoms with Crippen molar-refractivity contribution in [1.29, 1.82) is 0 Å². The lowest BCUT2D eigenvalue weighted by atomic mass is 10.8. The number of rotatable bonds is 0. The molecule has 0 atom stereocenters. The van der Waals surface area contributed by atoms with Gasteiger partial charge in [0.15, 0.2) is 5.82 Å². The van der Waals surface area contributed by atoms with Crippen molar-refractivity contribution in [2.24, 2.45) is 0 Å². The molecule has 0 amide bonds. The van der Waals surface area contributed by atoms with Crippen LogP contribution in [0.2, 0.25) is 0 Å². The Labute approximate surface area is 49.1 Å². The van der Waals surface area contributed by atoms with Gasteiger partial charge in [-0.05, 0) is 6.92 Å². The van der Waals surface area contributed by atoms with Crippen molar-refractivity contribution in [2.45, 2.75) is 6.92 Å². The number of aryl methyl sites for hydroxylation is 1. The molecule has 0 radical (unpaired) electrons. The molecule has 0 saturated carbocycles. The van der Waals surface area contributed by atoms with Crippen molar-refractivity contribution in [3.63, 3.8) is 0 Å². The van der Waals surface area contributed by atoms with Crippen LogP contribution >= 0.6 is 0 Å². The summed E-state index contributed by atoms with van der Waals surface area (Å²) in [7, 11) is 0. The fourth-order valence-corrected chi connectivity index (χ4v) is 0.816. The summed E-state index contributed by atoms with van der Waals surface area (Å²) in [5.74, 6) is 0.727. The van der Waals surface area contributed by atoms with E-state index in [4.69, 9.17) is 0 Å². The third-order valence-electron chi connectivity index (χ3n) is 0.629. The molecule has 0 aliphatic rings. The van der Waals surface area contributed by atoms with Crippen LogP contribution in [0, 0.1) is 6.92 Å². The van der Waals surface area contributed by atoms with E-state index in [1.165, 1.54) is 0 Å². The van der Waals surface area contributed by atoms with Gasteiger partial charge < -0.3 is 4.52 Å². The molecule has 0 aliphatic carbocycles. The first-order chi connectivity index (χ1) is 3.29. The lowest BCUT2D eigenvalue weighted by Crippen LogP contribution is -2.00. The highest BCUT2D eigenvalue weighted by Crippen LogP contribution is 1.75. The maximum atomic E-state index is 4.66. The summed E-state index contributed by atoms with van der Waals surface area (Å²) in [6.45, 7) is 1.81. The van der Waals surface area contributed by atoms with Crippen molar-refractivity contribution in [2.75, 3.05) is 0 Å². The van der Waals surface area contributed by atoms with Crippen molar-refractivity contribution >= 4 is 21.0 Å². The molecule has 0 aromatic carbocycles. The minimum atomic E-state index is 0.727. The topological polar surface area (TPSA) is 38.9 Å². The van der Waals surface area contributed by atoms with Crippen molar-refractivity contribution in [3.05, 3.63) is 5.82 Å². The first-order valence-corrected chi connectivity index (χ1v) is 3.06. The van der Waals surface area contributed by atoms with Gasteiger partial charge in [0, 0.05) is 0 Å². The fraction of sp³-hybridized carbons (Fsp3) is 0.333. The summed E-state index contributed by atoms with van der Waals surface area (Å²) in [5.41, 5.74) is 0. The first-order valence-electron chi connectivity index (χ1n) is 2.06. The van der Waals surface area contributed by atoms with Crippen LogP contribution in [0.25, 0.3) is 0 Å². The minimum Gasteiger partial charge on any atom is -0.362 e. The quantitative estimate of drug-likeness (QED) is 0.389. The monoisotopic (exact) mass is 112 g/mol. The van der Waals surface area contributed by atoms with Gasteiger partial charge in [-0.25, -0.2) is 4.98 Å². The molecule has 36 valence electrons. The van der Waals surface area contributed by atoms with E-state index in [1.54, 1.807) is 0 Å². The summed E-state index contributed by atoms with van der Waals surface area (Å²) < 4.78 is 5.43. The lowest BCUT2D eigenvalue weighted by molar-refractivity contribution is 0.440. The Morgan fingerprint density at radius 1 is 1.71 bits per heavy atom. The molecule has 0 N–H and O–H groups in total. The van der Waals surface area contributed by atoms with Crippen LogP contribution in [0.4, 0.5) is 0 Å². The maximum Gasteiger partial charge on any atom is 0.355 e. The summed E-state index contributed by atoms with van der Waals surface area (Å²) >= 11 is 0.854. The van der Waals surface area contributed by atoms with Crippen LogP contribution < -0.4 is 4.75 Å². The van der Waals surface area contributed by atoms with Gasteiger partial charge in [0.05, 0.1) is 0 Å². The summed E-state index contributed by atoms with van der Waals surface area (Å²) in [5, 5.41) is 3.56.